The molecule has 0 unspecified atom stereocenters. The van der Waals surface area contributed by atoms with E-state index in [0.717, 1.165) is 29.7 Å². The van der Waals surface area contributed by atoms with Crippen LogP contribution in [-0.4, -0.2) is 39.1 Å². The summed E-state index contributed by atoms with van der Waals surface area (Å²) in [6.45, 7) is 3.04. The summed E-state index contributed by atoms with van der Waals surface area (Å²) in [5.41, 5.74) is 3.13. The van der Waals surface area contributed by atoms with Crippen LogP contribution < -0.4 is 0 Å². The molecular weight excluding hydrogens is 338 g/mol. The normalized spacial score (nSPS) is 17.2. The summed E-state index contributed by atoms with van der Waals surface area (Å²) in [4.78, 5) is 32.2. The molecule has 0 saturated carbocycles. The Labute approximate surface area is 158 Å². The van der Waals surface area contributed by atoms with Gasteiger partial charge in [0.1, 0.15) is 17.1 Å². The van der Waals surface area contributed by atoms with E-state index in [4.69, 9.17) is 0 Å². The summed E-state index contributed by atoms with van der Waals surface area (Å²) in [5, 5.41) is 0. The number of hydrogen-bond acceptors (Lipinski definition) is 3. The summed E-state index contributed by atoms with van der Waals surface area (Å²) in [6.07, 6.45) is 4.00. The van der Waals surface area contributed by atoms with Gasteiger partial charge >= 0.3 is 0 Å². The molecule has 4 rings (SSSR count). The minimum absolute atomic E-state index is 0.0385. The zero-order valence-corrected chi connectivity index (χ0v) is 15.5. The molecule has 1 aliphatic heterocycles. The Hall–Kier alpha value is -2.95. The molecule has 3 heterocycles. The van der Waals surface area contributed by atoms with Crippen molar-refractivity contribution < 1.29 is 9.59 Å². The molecule has 0 radical (unpaired) electrons. The van der Waals surface area contributed by atoms with Crippen LogP contribution in [0.5, 0.6) is 0 Å². The molecular formula is C22H23N3O2. The summed E-state index contributed by atoms with van der Waals surface area (Å²) in [6, 6.07) is 15.5. The van der Waals surface area contributed by atoms with E-state index >= 15 is 0 Å². The molecule has 138 valence electrons. The predicted molar refractivity (Wildman–Crippen MR) is 104 cm³/mol. The second kappa shape index (κ2) is 7.35. The molecule has 0 bridgehead atoms. The number of benzene rings is 1. The molecule has 1 fully saturated rings. The van der Waals surface area contributed by atoms with Crippen molar-refractivity contribution in [1.29, 1.82) is 0 Å². The molecule has 5 nitrogen and oxygen atoms in total. The molecule has 5 heteroatoms. The molecule has 1 aliphatic rings. The number of pyridine rings is 1. The largest absolute Gasteiger partial charge is 0.337 e. The SMILES string of the molecule is Cc1nc2ccccn2c1C(=O)N1CCC[C@H](C(=O)Cc2ccccc2)C1. The van der Waals surface area contributed by atoms with Gasteiger partial charge in [-0.15, -0.1) is 0 Å². The lowest BCUT2D eigenvalue weighted by Crippen LogP contribution is -2.43. The minimum atomic E-state index is -0.0950. The molecule has 3 aromatic rings. The fraction of sp³-hybridized carbons (Fsp3) is 0.318. The van der Waals surface area contributed by atoms with Gasteiger partial charge in [-0.2, -0.15) is 0 Å². The van der Waals surface area contributed by atoms with Gasteiger partial charge in [0.15, 0.2) is 0 Å². The topological polar surface area (TPSA) is 54.7 Å². The van der Waals surface area contributed by atoms with Crippen LogP contribution in [0.4, 0.5) is 0 Å². The Kier molecular flexibility index (Phi) is 4.75. The van der Waals surface area contributed by atoms with Crippen LogP contribution in [0.3, 0.4) is 0 Å². The van der Waals surface area contributed by atoms with Crippen molar-refractivity contribution in [1.82, 2.24) is 14.3 Å². The maximum atomic E-state index is 13.2. The maximum absolute atomic E-state index is 13.2. The summed E-state index contributed by atoms with van der Waals surface area (Å²) in [5.74, 6) is 0.0828. The number of nitrogens with zero attached hydrogens (tertiary/aromatic N) is 3. The third-order valence-electron chi connectivity index (χ3n) is 5.29. The fourth-order valence-electron chi connectivity index (χ4n) is 3.89. The van der Waals surface area contributed by atoms with Crippen molar-refractivity contribution >= 4 is 17.3 Å². The molecule has 27 heavy (non-hydrogen) atoms. The highest BCUT2D eigenvalue weighted by molar-refractivity contribution is 5.95. The summed E-state index contributed by atoms with van der Waals surface area (Å²) < 4.78 is 1.84. The number of carbonyl (C=O) groups excluding carboxylic acids is 2. The van der Waals surface area contributed by atoms with Crippen molar-refractivity contribution in [2.75, 3.05) is 13.1 Å². The van der Waals surface area contributed by atoms with E-state index in [0.29, 0.717) is 25.2 Å². The van der Waals surface area contributed by atoms with Crippen LogP contribution in [0.2, 0.25) is 0 Å². The van der Waals surface area contributed by atoms with Gasteiger partial charge in [0.25, 0.3) is 5.91 Å². The second-order valence-electron chi connectivity index (χ2n) is 7.19. The lowest BCUT2D eigenvalue weighted by molar-refractivity contribution is -0.123. The van der Waals surface area contributed by atoms with Crippen LogP contribution in [0, 0.1) is 12.8 Å². The first-order valence-corrected chi connectivity index (χ1v) is 9.43. The zero-order valence-electron chi connectivity index (χ0n) is 15.5. The van der Waals surface area contributed by atoms with Crippen molar-refractivity contribution in [3.63, 3.8) is 0 Å². The zero-order chi connectivity index (χ0) is 18.8. The number of piperidine rings is 1. The second-order valence-corrected chi connectivity index (χ2v) is 7.19. The van der Waals surface area contributed by atoms with E-state index < -0.39 is 0 Å². The van der Waals surface area contributed by atoms with E-state index in [2.05, 4.69) is 4.98 Å². The highest BCUT2D eigenvalue weighted by Gasteiger charge is 2.30. The number of imidazole rings is 1. The van der Waals surface area contributed by atoms with Gasteiger partial charge in [-0.25, -0.2) is 4.98 Å². The first kappa shape index (κ1) is 17.5. The average Bonchev–Trinajstić information content (AvgIpc) is 3.04. The monoisotopic (exact) mass is 361 g/mol. The first-order chi connectivity index (χ1) is 13.1. The Morgan fingerprint density at radius 1 is 1.11 bits per heavy atom. The van der Waals surface area contributed by atoms with Crippen LogP contribution >= 0.6 is 0 Å². The van der Waals surface area contributed by atoms with Gasteiger partial charge in [0.05, 0.1) is 5.69 Å². The van der Waals surface area contributed by atoms with Gasteiger partial charge in [-0.05, 0) is 37.5 Å². The third-order valence-corrected chi connectivity index (χ3v) is 5.29. The van der Waals surface area contributed by atoms with E-state index in [1.54, 1.807) is 0 Å². The van der Waals surface area contributed by atoms with E-state index in [9.17, 15) is 9.59 Å². The molecule has 1 amide bonds. The van der Waals surface area contributed by atoms with Gasteiger partial charge in [-0.1, -0.05) is 36.4 Å². The van der Waals surface area contributed by atoms with Gasteiger partial charge in [-0.3, -0.25) is 14.0 Å². The van der Waals surface area contributed by atoms with Crippen molar-refractivity contribution in [2.45, 2.75) is 26.2 Å². The highest BCUT2D eigenvalue weighted by Crippen LogP contribution is 2.22. The van der Waals surface area contributed by atoms with Gasteiger partial charge < -0.3 is 4.90 Å². The number of aromatic nitrogens is 2. The van der Waals surface area contributed by atoms with Crippen LogP contribution in [0.15, 0.2) is 54.7 Å². The number of likely N-dealkylation sites (tertiary alicyclic amines) is 1. The molecule has 0 N–H and O–H groups in total. The lowest BCUT2D eigenvalue weighted by Gasteiger charge is -2.32. The van der Waals surface area contributed by atoms with Crippen LogP contribution in [-0.2, 0) is 11.2 Å². The summed E-state index contributed by atoms with van der Waals surface area (Å²) in [7, 11) is 0. The Morgan fingerprint density at radius 2 is 1.89 bits per heavy atom. The molecule has 2 aromatic heterocycles. The van der Waals surface area contributed by atoms with E-state index in [-0.39, 0.29) is 17.6 Å². The maximum Gasteiger partial charge on any atom is 0.272 e. The van der Waals surface area contributed by atoms with Gasteiger partial charge in [0.2, 0.25) is 0 Å². The van der Waals surface area contributed by atoms with Crippen molar-refractivity contribution in [3.8, 4) is 0 Å². The number of fused-ring (bicyclic) bond motifs is 1. The van der Waals surface area contributed by atoms with Crippen molar-refractivity contribution in [3.05, 3.63) is 71.7 Å². The average molecular weight is 361 g/mol. The number of carbonyl (C=O) groups is 2. The number of Topliss-reactive ketones (excluding diaryl/α,β-unsaturated/α-hetero) is 1. The smallest absolute Gasteiger partial charge is 0.272 e. The fourth-order valence-corrected chi connectivity index (χ4v) is 3.89. The molecule has 1 atom stereocenters. The lowest BCUT2D eigenvalue weighted by atomic mass is 9.90. The third kappa shape index (κ3) is 3.50. The molecule has 1 aromatic carbocycles. The quantitative estimate of drug-likeness (QED) is 0.716. The van der Waals surface area contributed by atoms with E-state index in [1.165, 1.54) is 0 Å². The highest BCUT2D eigenvalue weighted by atomic mass is 16.2. The number of aryl methyl sites for hydroxylation is 1. The number of ketones is 1. The Bertz CT molecular complexity index is 978. The number of amides is 1. The molecule has 0 spiro atoms. The van der Waals surface area contributed by atoms with Gasteiger partial charge in [0, 0.05) is 31.6 Å². The van der Waals surface area contributed by atoms with Crippen molar-refractivity contribution in [2.24, 2.45) is 5.92 Å². The summed E-state index contributed by atoms with van der Waals surface area (Å²) >= 11 is 0. The first-order valence-electron chi connectivity index (χ1n) is 9.43. The van der Waals surface area contributed by atoms with E-state index in [1.807, 2.05) is 71.0 Å². The minimum Gasteiger partial charge on any atom is -0.337 e. The molecule has 0 aliphatic carbocycles. The van der Waals surface area contributed by atoms with Crippen LogP contribution in [0.1, 0.15) is 34.6 Å². The Balaban J connectivity index is 1.51. The standard InChI is InChI=1S/C22H23N3O2/c1-16-21(25-13-6-5-11-20(25)23-16)22(27)24-12-7-10-18(15-24)19(26)14-17-8-3-2-4-9-17/h2-6,8-9,11,13,18H,7,10,12,14-15H2,1H3/t18-/m0/s1. The Morgan fingerprint density at radius 3 is 2.70 bits per heavy atom. The molecule has 1 saturated heterocycles. The predicted octanol–water partition coefficient (Wildman–Crippen LogP) is 3.31. The van der Waals surface area contributed by atoms with Crippen LogP contribution in [0.25, 0.3) is 5.65 Å². The number of rotatable bonds is 4. The number of hydrogen-bond donors (Lipinski definition) is 0.